The lowest BCUT2D eigenvalue weighted by atomic mass is 9.93. The smallest absolute Gasteiger partial charge is 0.347 e. The Hall–Kier alpha value is -2.15. The first-order chi connectivity index (χ1) is 11.1. The van der Waals surface area contributed by atoms with Gasteiger partial charge in [-0.25, -0.2) is 4.79 Å². The zero-order chi connectivity index (χ0) is 16.7. The van der Waals surface area contributed by atoms with E-state index in [9.17, 15) is 20.0 Å². The maximum Gasteiger partial charge on any atom is 0.347 e. The molecule has 1 aliphatic carbocycles. The number of nitro groups is 1. The minimum atomic E-state index is -0.834. The van der Waals surface area contributed by atoms with E-state index in [0.29, 0.717) is 12.6 Å². The first-order valence-electron chi connectivity index (χ1n) is 7.88. The quantitative estimate of drug-likeness (QED) is 0.358. The molecule has 1 fully saturated rings. The van der Waals surface area contributed by atoms with Crippen LogP contribution in [0.15, 0.2) is 24.3 Å². The van der Waals surface area contributed by atoms with Crippen LogP contribution in [-0.2, 0) is 4.74 Å². The number of aliphatic hydroxyl groups is 1. The summed E-state index contributed by atoms with van der Waals surface area (Å²) in [5.41, 5.74) is 1.22. The van der Waals surface area contributed by atoms with E-state index in [0.717, 1.165) is 18.5 Å². The third-order valence-electron chi connectivity index (χ3n) is 4.09. The Morgan fingerprint density at radius 1 is 1.26 bits per heavy atom. The maximum atomic E-state index is 11.7. The second kappa shape index (κ2) is 8.47. The molecule has 126 valence electrons. The van der Waals surface area contributed by atoms with E-state index in [2.05, 4.69) is 9.64 Å². The largest absolute Gasteiger partial charge is 0.397 e. The molecule has 0 unspecified atom stereocenters. The van der Waals surface area contributed by atoms with Crippen molar-refractivity contribution in [3.63, 3.8) is 0 Å². The van der Waals surface area contributed by atoms with Crippen LogP contribution in [0.4, 0.5) is 5.69 Å². The van der Waals surface area contributed by atoms with Gasteiger partial charge in [0.2, 0.25) is 0 Å². The first kappa shape index (κ1) is 17.2. The third-order valence-corrected chi connectivity index (χ3v) is 4.09. The predicted molar refractivity (Wildman–Crippen MR) is 85.0 cm³/mol. The highest BCUT2D eigenvalue weighted by molar-refractivity contribution is 5.89. The van der Waals surface area contributed by atoms with E-state index in [4.69, 9.17) is 0 Å². The summed E-state index contributed by atoms with van der Waals surface area (Å²) in [5, 5.41) is 19.5. The van der Waals surface area contributed by atoms with Gasteiger partial charge in [-0.1, -0.05) is 19.3 Å². The Labute approximate surface area is 135 Å². The van der Waals surface area contributed by atoms with Crippen LogP contribution in [-0.4, -0.2) is 41.9 Å². The fraction of sp³-hybridized carbons (Fsp3) is 0.562. The summed E-state index contributed by atoms with van der Waals surface area (Å²) >= 11 is 0. The molecule has 1 saturated carbocycles. The zero-order valence-electron chi connectivity index (χ0n) is 13.0. The van der Waals surface area contributed by atoms with Crippen molar-refractivity contribution in [3.05, 3.63) is 39.9 Å². The monoisotopic (exact) mass is 322 g/mol. The van der Waals surface area contributed by atoms with Gasteiger partial charge in [-0.15, -0.1) is 0 Å². The van der Waals surface area contributed by atoms with Gasteiger partial charge in [-0.3, -0.25) is 10.1 Å². The Kier molecular flexibility index (Phi) is 6.34. The molecule has 1 N–H and O–H groups in total. The molecule has 0 atom stereocenters. The number of rotatable bonds is 7. The molecule has 7 heteroatoms. The number of hydrogen-bond donors (Lipinski definition) is 1. The molecule has 0 heterocycles. The number of nitrogens with zero attached hydrogens (tertiary/aromatic N) is 2. The van der Waals surface area contributed by atoms with Crippen molar-refractivity contribution >= 4 is 11.7 Å². The predicted octanol–water partition coefficient (Wildman–Crippen LogP) is 2.21. The molecule has 23 heavy (non-hydrogen) atoms. The molecular formula is C16H22N2O5. The fourth-order valence-corrected chi connectivity index (χ4v) is 3.01. The van der Waals surface area contributed by atoms with Crippen LogP contribution in [0.3, 0.4) is 0 Å². The van der Waals surface area contributed by atoms with E-state index in [1.165, 1.54) is 19.3 Å². The molecule has 1 aliphatic rings. The summed E-state index contributed by atoms with van der Waals surface area (Å²) in [7, 11) is 0. The van der Waals surface area contributed by atoms with Crippen LogP contribution in [0, 0.1) is 10.1 Å². The number of benzene rings is 1. The second-order valence-corrected chi connectivity index (χ2v) is 5.65. The summed E-state index contributed by atoms with van der Waals surface area (Å²) in [5.74, 6) is -0.709. The van der Waals surface area contributed by atoms with Crippen LogP contribution in [0.2, 0.25) is 0 Å². The van der Waals surface area contributed by atoms with Crippen molar-refractivity contribution in [1.82, 2.24) is 0 Å². The second-order valence-electron chi connectivity index (χ2n) is 5.65. The van der Waals surface area contributed by atoms with Gasteiger partial charge in [0.1, 0.15) is 0 Å². The summed E-state index contributed by atoms with van der Waals surface area (Å²) in [6.45, 7) is -0.210. The molecule has 0 spiro atoms. The molecule has 0 amide bonds. The van der Waals surface area contributed by atoms with Crippen LogP contribution in [0.1, 0.15) is 42.5 Å². The Morgan fingerprint density at radius 2 is 1.91 bits per heavy atom. The SMILES string of the molecule is O=C(OC[N+](=O)[O-])c1ccc(N(CCO)C2CCCCC2)cc1. The molecule has 0 aliphatic heterocycles. The molecule has 7 nitrogen and oxygen atoms in total. The highest BCUT2D eigenvalue weighted by Crippen LogP contribution is 2.27. The van der Waals surface area contributed by atoms with Gasteiger partial charge in [0.15, 0.2) is 0 Å². The molecule has 2 rings (SSSR count). The lowest BCUT2D eigenvalue weighted by Gasteiger charge is -2.35. The van der Waals surface area contributed by atoms with Gasteiger partial charge in [-0.2, -0.15) is 0 Å². The number of carbonyl (C=O) groups excluding carboxylic acids is 1. The minimum Gasteiger partial charge on any atom is -0.397 e. The van der Waals surface area contributed by atoms with Crippen molar-refractivity contribution in [3.8, 4) is 0 Å². The van der Waals surface area contributed by atoms with Crippen molar-refractivity contribution in [2.75, 3.05) is 24.8 Å². The number of ether oxygens (including phenoxy) is 1. The van der Waals surface area contributed by atoms with E-state index >= 15 is 0 Å². The number of carbonyl (C=O) groups is 1. The standard InChI is InChI=1S/C16H22N2O5/c19-11-10-17(14-4-2-1-3-5-14)15-8-6-13(7-9-15)16(20)23-12-18(21)22/h6-9,14,19H,1-5,10-12H2. The molecule has 0 aromatic heterocycles. The molecule has 1 aromatic rings. The molecule has 0 bridgehead atoms. The lowest BCUT2D eigenvalue weighted by molar-refractivity contribution is -0.517. The van der Waals surface area contributed by atoms with Crippen LogP contribution >= 0.6 is 0 Å². The van der Waals surface area contributed by atoms with Gasteiger partial charge in [0.05, 0.1) is 17.1 Å². The van der Waals surface area contributed by atoms with E-state index in [-0.39, 0.29) is 12.2 Å². The average molecular weight is 322 g/mol. The minimum absolute atomic E-state index is 0.0725. The van der Waals surface area contributed by atoms with Gasteiger partial charge < -0.3 is 14.7 Å². The van der Waals surface area contributed by atoms with Gasteiger partial charge in [0.25, 0.3) is 0 Å². The van der Waals surface area contributed by atoms with Crippen molar-refractivity contribution < 1.29 is 19.6 Å². The van der Waals surface area contributed by atoms with Gasteiger partial charge in [0, 0.05) is 18.3 Å². The first-order valence-corrected chi connectivity index (χ1v) is 7.88. The van der Waals surface area contributed by atoms with Crippen molar-refractivity contribution in [1.29, 1.82) is 0 Å². The van der Waals surface area contributed by atoms with Crippen LogP contribution in [0.25, 0.3) is 0 Å². The van der Waals surface area contributed by atoms with Gasteiger partial charge in [-0.05, 0) is 37.1 Å². The topological polar surface area (TPSA) is 92.9 Å². The molecule has 0 saturated heterocycles. The maximum absolute atomic E-state index is 11.7. The Balaban J connectivity index is 2.05. The normalized spacial score (nSPS) is 15.2. The highest BCUT2D eigenvalue weighted by atomic mass is 16.7. The fourth-order valence-electron chi connectivity index (χ4n) is 3.01. The van der Waals surface area contributed by atoms with E-state index in [1.54, 1.807) is 24.3 Å². The third kappa shape index (κ3) is 4.92. The number of anilines is 1. The number of hydrogen-bond acceptors (Lipinski definition) is 6. The van der Waals surface area contributed by atoms with Crippen molar-refractivity contribution in [2.45, 2.75) is 38.1 Å². The zero-order valence-corrected chi connectivity index (χ0v) is 13.0. The van der Waals surface area contributed by atoms with E-state index in [1.807, 2.05) is 0 Å². The molecule has 0 radical (unpaired) electrons. The lowest BCUT2D eigenvalue weighted by Crippen LogP contribution is -2.38. The Bertz CT molecular complexity index is 526. The highest BCUT2D eigenvalue weighted by Gasteiger charge is 2.21. The summed E-state index contributed by atoms with van der Waals surface area (Å²) in [6, 6.07) is 7.21. The molecular weight excluding hydrogens is 300 g/mol. The van der Waals surface area contributed by atoms with Crippen LogP contribution < -0.4 is 4.90 Å². The van der Waals surface area contributed by atoms with Crippen LogP contribution in [0.5, 0.6) is 0 Å². The Morgan fingerprint density at radius 3 is 2.48 bits per heavy atom. The van der Waals surface area contributed by atoms with E-state index < -0.39 is 17.6 Å². The summed E-state index contributed by atoms with van der Waals surface area (Å²) in [4.78, 5) is 23.4. The van der Waals surface area contributed by atoms with Crippen molar-refractivity contribution in [2.24, 2.45) is 0 Å². The number of aliphatic hydroxyl groups excluding tert-OH is 1. The number of esters is 1. The summed E-state index contributed by atoms with van der Waals surface area (Å²) < 4.78 is 4.56. The average Bonchev–Trinajstić information content (AvgIpc) is 2.58. The summed E-state index contributed by atoms with van der Waals surface area (Å²) in [6.07, 6.45) is 5.85. The molecule has 1 aromatic carbocycles. The van der Waals surface area contributed by atoms with Gasteiger partial charge >= 0.3 is 12.7 Å².